The van der Waals surface area contributed by atoms with Gasteiger partial charge < -0.3 is 19.2 Å². The first-order chi connectivity index (χ1) is 14.8. The highest BCUT2D eigenvalue weighted by Gasteiger charge is 2.22. The maximum absolute atomic E-state index is 13.1. The molecular formula is C24H29N3O4. The Morgan fingerprint density at radius 2 is 1.97 bits per heavy atom. The van der Waals surface area contributed by atoms with Gasteiger partial charge in [0.05, 0.1) is 12.8 Å². The summed E-state index contributed by atoms with van der Waals surface area (Å²) in [4.78, 5) is 27.0. The van der Waals surface area contributed by atoms with Gasteiger partial charge in [0.2, 0.25) is 5.91 Å². The van der Waals surface area contributed by atoms with Gasteiger partial charge in [0, 0.05) is 31.1 Å². The van der Waals surface area contributed by atoms with Crippen molar-refractivity contribution in [1.82, 2.24) is 15.4 Å². The summed E-state index contributed by atoms with van der Waals surface area (Å²) in [5, 5.41) is 6.81. The molecule has 2 heterocycles. The van der Waals surface area contributed by atoms with Crippen molar-refractivity contribution in [3.63, 3.8) is 0 Å². The Hall–Kier alpha value is -3.35. The Labute approximate surface area is 182 Å². The Balaban J connectivity index is 1.66. The number of benzene rings is 1. The lowest BCUT2D eigenvalue weighted by Crippen LogP contribution is -2.37. The van der Waals surface area contributed by atoms with Crippen LogP contribution in [0, 0.1) is 19.8 Å². The van der Waals surface area contributed by atoms with Crippen LogP contribution in [0.2, 0.25) is 0 Å². The summed E-state index contributed by atoms with van der Waals surface area (Å²) in [7, 11) is 0. The average molecular weight is 424 g/mol. The molecule has 1 N–H and O–H groups in total. The van der Waals surface area contributed by atoms with E-state index in [0.29, 0.717) is 31.2 Å². The number of carbonyl (C=O) groups excluding carboxylic acids is 2. The van der Waals surface area contributed by atoms with Crippen molar-refractivity contribution in [1.29, 1.82) is 0 Å². The minimum absolute atomic E-state index is 0.144. The molecule has 7 heteroatoms. The highest BCUT2D eigenvalue weighted by Crippen LogP contribution is 2.25. The van der Waals surface area contributed by atoms with Crippen molar-refractivity contribution in [2.45, 2.75) is 40.7 Å². The number of aromatic nitrogens is 1. The van der Waals surface area contributed by atoms with Gasteiger partial charge in [-0.15, -0.1) is 0 Å². The molecule has 3 aromatic rings. The van der Waals surface area contributed by atoms with Crippen molar-refractivity contribution in [3.8, 4) is 11.3 Å². The van der Waals surface area contributed by atoms with Crippen molar-refractivity contribution in [3.05, 3.63) is 65.2 Å². The molecule has 0 spiro atoms. The van der Waals surface area contributed by atoms with Crippen molar-refractivity contribution >= 4 is 11.8 Å². The molecule has 0 bridgehead atoms. The van der Waals surface area contributed by atoms with E-state index in [4.69, 9.17) is 8.94 Å². The maximum atomic E-state index is 13.1. The molecule has 31 heavy (non-hydrogen) atoms. The summed E-state index contributed by atoms with van der Waals surface area (Å²) in [6, 6.07) is 11.3. The summed E-state index contributed by atoms with van der Waals surface area (Å²) >= 11 is 0. The zero-order chi connectivity index (χ0) is 22.4. The van der Waals surface area contributed by atoms with Gasteiger partial charge in [0.15, 0.2) is 11.5 Å². The van der Waals surface area contributed by atoms with Crippen molar-refractivity contribution in [2.24, 2.45) is 5.92 Å². The third kappa shape index (κ3) is 6.07. The lowest BCUT2D eigenvalue weighted by Gasteiger charge is -2.23. The van der Waals surface area contributed by atoms with Crippen LogP contribution in [-0.2, 0) is 11.3 Å². The van der Waals surface area contributed by atoms with Crippen molar-refractivity contribution < 1.29 is 18.5 Å². The standard InChI is InChI=1S/C24H29N3O4/c1-16(2)15-27(10-9-23(28)25-14-19-6-5-11-30-19)24(29)21-13-22(31-26-21)20-12-17(3)7-8-18(20)4/h5-8,11-13,16H,9-10,14-15H2,1-4H3,(H,25,28). The number of hydrogen-bond donors (Lipinski definition) is 1. The second kappa shape index (κ2) is 10.1. The van der Waals surface area contributed by atoms with Gasteiger partial charge in [-0.3, -0.25) is 9.59 Å². The molecule has 0 atom stereocenters. The molecule has 2 amide bonds. The van der Waals surface area contributed by atoms with Crippen LogP contribution in [0.1, 0.15) is 47.6 Å². The number of nitrogens with zero attached hydrogens (tertiary/aromatic N) is 2. The van der Waals surface area contributed by atoms with Gasteiger partial charge in [0.25, 0.3) is 5.91 Å². The number of amides is 2. The number of rotatable bonds is 9. The summed E-state index contributed by atoms with van der Waals surface area (Å²) in [5.74, 6) is 1.11. The molecule has 2 aromatic heterocycles. The third-order valence-electron chi connectivity index (χ3n) is 4.91. The van der Waals surface area contributed by atoms with Gasteiger partial charge in [-0.2, -0.15) is 0 Å². The summed E-state index contributed by atoms with van der Waals surface area (Å²) < 4.78 is 10.7. The molecule has 3 rings (SSSR count). The predicted molar refractivity (Wildman–Crippen MR) is 117 cm³/mol. The topological polar surface area (TPSA) is 88.6 Å². The molecule has 0 radical (unpaired) electrons. The minimum Gasteiger partial charge on any atom is -0.467 e. The second-order valence-corrected chi connectivity index (χ2v) is 8.15. The monoisotopic (exact) mass is 423 g/mol. The first-order valence-electron chi connectivity index (χ1n) is 10.5. The normalized spacial score (nSPS) is 11.0. The molecule has 0 aliphatic carbocycles. The van der Waals surface area contributed by atoms with Crippen LogP contribution < -0.4 is 5.32 Å². The van der Waals surface area contributed by atoms with Gasteiger partial charge in [0.1, 0.15) is 5.76 Å². The quantitative estimate of drug-likeness (QED) is 0.553. The van der Waals surface area contributed by atoms with E-state index in [1.54, 1.807) is 29.4 Å². The number of aryl methyl sites for hydroxylation is 2. The molecule has 1 aromatic carbocycles. The molecular weight excluding hydrogens is 394 g/mol. The molecule has 164 valence electrons. The number of carbonyl (C=O) groups is 2. The van der Waals surface area contributed by atoms with E-state index in [1.165, 1.54) is 0 Å². The third-order valence-corrected chi connectivity index (χ3v) is 4.91. The van der Waals surface area contributed by atoms with Crippen LogP contribution in [0.4, 0.5) is 0 Å². The lowest BCUT2D eigenvalue weighted by molar-refractivity contribution is -0.121. The smallest absolute Gasteiger partial charge is 0.276 e. The van der Waals surface area contributed by atoms with Crippen LogP contribution in [-0.4, -0.2) is 35.0 Å². The fourth-order valence-corrected chi connectivity index (χ4v) is 3.31. The van der Waals surface area contributed by atoms with E-state index in [9.17, 15) is 9.59 Å². The zero-order valence-corrected chi connectivity index (χ0v) is 18.5. The predicted octanol–water partition coefficient (Wildman–Crippen LogP) is 4.36. The van der Waals surface area contributed by atoms with Gasteiger partial charge in [-0.25, -0.2) is 0 Å². The second-order valence-electron chi connectivity index (χ2n) is 8.15. The van der Waals surface area contributed by atoms with Crippen LogP contribution >= 0.6 is 0 Å². The molecule has 0 unspecified atom stereocenters. The highest BCUT2D eigenvalue weighted by molar-refractivity contribution is 5.93. The van der Waals surface area contributed by atoms with Crippen LogP contribution in [0.25, 0.3) is 11.3 Å². The number of hydrogen-bond acceptors (Lipinski definition) is 5. The van der Waals surface area contributed by atoms with E-state index in [1.807, 2.05) is 45.9 Å². The van der Waals surface area contributed by atoms with Crippen LogP contribution in [0.15, 0.2) is 51.6 Å². The van der Waals surface area contributed by atoms with Gasteiger partial charge in [-0.05, 0) is 43.5 Å². The summed E-state index contributed by atoms with van der Waals surface area (Å²) in [6.07, 6.45) is 1.76. The van der Waals surface area contributed by atoms with E-state index >= 15 is 0 Å². The zero-order valence-electron chi connectivity index (χ0n) is 18.5. The van der Waals surface area contributed by atoms with E-state index in [-0.39, 0.29) is 29.8 Å². The Morgan fingerprint density at radius 1 is 1.16 bits per heavy atom. The summed E-state index contributed by atoms with van der Waals surface area (Å²) in [5.41, 5.74) is 3.31. The lowest BCUT2D eigenvalue weighted by atomic mass is 10.0. The van der Waals surface area contributed by atoms with E-state index in [2.05, 4.69) is 10.5 Å². The molecule has 0 aliphatic rings. The Morgan fingerprint density at radius 3 is 2.68 bits per heavy atom. The molecule has 0 aliphatic heterocycles. The van der Waals surface area contributed by atoms with Gasteiger partial charge in [-0.1, -0.05) is 36.7 Å². The summed E-state index contributed by atoms with van der Waals surface area (Å²) in [6.45, 7) is 9.20. The van der Waals surface area contributed by atoms with Crippen molar-refractivity contribution in [2.75, 3.05) is 13.1 Å². The number of nitrogens with one attached hydrogen (secondary N) is 1. The van der Waals surface area contributed by atoms with Crippen LogP contribution in [0.3, 0.4) is 0 Å². The number of furan rings is 1. The SMILES string of the molecule is Cc1ccc(C)c(-c2cc(C(=O)N(CCC(=O)NCc3ccco3)CC(C)C)no2)c1. The Bertz CT molecular complexity index is 1020. The molecule has 7 nitrogen and oxygen atoms in total. The Kier molecular flexibility index (Phi) is 7.28. The van der Waals surface area contributed by atoms with Gasteiger partial charge >= 0.3 is 0 Å². The first kappa shape index (κ1) is 22.3. The fourth-order valence-electron chi connectivity index (χ4n) is 3.31. The van der Waals surface area contributed by atoms with E-state index in [0.717, 1.165) is 16.7 Å². The van der Waals surface area contributed by atoms with E-state index < -0.39 is 0 Å². The maximum Gasteiger partial charge on any atom is 0.276 e. The van der Waals surface area contributed by atoms with Crippen LogP contribution in [0.5, 0.6) is 0 Å². The fraction of sp³-hybridized carbons (Fsp3) is 0.375. The largest absolute Gasteiger partial charge is 0.467 e. The highest BCUT2D eigenvalue weighted by atomic mass is 16.5. The minimum atomic E-state index is -0.243. The molecule has 0 fully saturated rings. The average Bonchev–Trinajstić information content (AvgIpc) is 3.42. The molecule has 0 saturated heterocycles. The molecule has 0 saturated carbocycles. The first-order valence-corrected chi connectivity index (χ1v) is 10.5.